The predicted molar refractivity (Wildman–Crippen MR) is 111 cm³/mol. The lowest BCUT2D eigenvalue weighted by molar-refractivity contribution is -0.149. The van der Waals surface area contributed by atoms with E-state index in [1.54, 1.807) is 36.7 Å². The number of likely N-dealkylation sites (tertiary alicyclic amines) is 1. The van der Waals surface area contributed by atoms with Crippen molar-refractivity contribution in [2.24, 2.45) is 5.92 Å². The van der Waals surface area contributed by atoms with Crippen LogP contribution in [0.3, 0.4) is 0 Å². The number of hydrogen-bond acceptors (Lipinski definition) is 7. The Morgan fingerprint density at radius 3 is 2.69 bits per heavy atom. The average Bonchev–Trinajstić information content (AvgIpc) is 3.29. The number of nitrogens with zero attached hydrogens (tertiary/aromatic N) is 5. The van der Waals surface area contributed by atoms with Gasteiger partial charge in [-0.05, 0) is 43.0 Å². The summed E-state index contributed by atoms with van der Waals surface area (Å²) >= 11 is 0. The van der Waals surface area contributed by atoms with Gasteiger partial charge in [0.2, 0.25) is 5.91 Å². The molecule has 1 amide bonds. The Morgan fingerprint density at radius 2 is 1.97 bits per heavy atom. The molecule has 164 valence electrons. The summed E-state index contributed by atoms with van der Waals surface area (Å²) in [7, 11) is 0. The number of carboxylic acids is 1. The van der Waals surface area contributed by atoms with E-state index in [4.69, 9.17) is 4.74 Å². The number of hydrogen-bond donors (Lipinski definition) is 1. The first-order valence-corrected chi connectivity index (χ1v) is 10.4. The molecular formula is C22H21N5O5. The summed E-state index contributed by atoms with van der Waals surface area (Å²) in [6.07, 6.45) is 4.60. The molecule has 2 aliphatic rings. The van der Waals surface area contributed by atoms with Gasteiger partial charge in [-0.15, -0.1) is 0 Å². The Labute approximate surface area is 182 Å². The number of aromatic nitrogens is 4. The minimum absolute atomic E-state index is 0.00193. The third-order valence-corrected chi connectivity index (χ3v) is 6.01. The normalized spacial score (nSPS) is 21.4. The van der Waals surface area contributed by atoms with Crippen LogP contribution in [0.1, 0.15) is 36.1 Å². The highest BCUT2D eigenvalue weighted by Crippen LogP contribution is 2.48. The number of piperidine rings is 1. The molecule has 0 unspecified atom stereocenters. The Hall–Kier alpha value is -3.82. The van der Waals surface area contributed by atoms with Crippen LogP contribution >= 0.6 is 0 Å². The zero-order valence-corrected chi connectivity index (χ0v) is 17.3. The number of ketones is 1. The Balaban J connectivity index is 1.40. The molecule has 0 spiro atoms. The van der Waals surface area contributed by atoms with Crippen LogP contribution in [0.25, 0.3) is 10.9 Å². The highest BCUT2D eigenvalue weighted by atomic mass is 16.5. The highest BCUT2D eigenvalue weighted by Gasteiger charge is 2.56. The van der Waals surface area contributed by atoms with Crippen molar-refractivity contribution in [3.63, 3.8) is 0 Å². The van der Waals surface area contributed by atoms with Crippen LogP contribution < -0.4 is 4.74 Å². The van der Waals surface area contributed by atoms with Gasteiger partial charge in [0.05, 0.1) is 5.52 Å². The van der Waals surface area contributed by atoms with E-state index in [0.29, 0.717) is 28.9 Å². The molecule has 0 radical (unpaired) electrons. The Morgan fingerprint density at radius 1 is 1.19 bits per heavy atom. The first-order valence-electron chi connectivity index (χ1n) is 10.4. The second-order valence-corrected chi connectivity index (χ2v) is 8.15. The van der Waals surface area contributed by atoms with E-state index in [0.717, 1.165) is 6.42 Å². The minimum atomic E-state index is -0.982. The molecule has 1 aliphatic heterocycles. The lowest BCUT2D eigenvalue weighted by Gasteiger charge is -2.24. The molecule has 2 aromatic heterocycles. The monoisotopic (exact) mass is 435 g/mol. The fraction of sp³-hybridized carbons (Fsp3) is 0.364. The third kappa shape index (κ3) is 3.57. The number of benzene rings is 1. The first-order chi connectivity index (χ1) is 15.4. The zero-order valence-electron chi connectivity index (χ0n) is 17.3. The van der Waals surface area contributed by atoms with Gasteiger partial charge in [0.1, 0.15) is 30.6 Å². The molecule has 10 nitrogen and oxygen atoms in total. The van der Waals surface area contributed by atoms with Gasteiger partial charge in [-0.2, -0.15) is 5.10 Å². The van der Waals surface area contributed by atoms with Crippen LogP contribution in [0.15, 0.2) is 36.7 Å². The van der Waals surface area contributed by atoms with Crippen molar-refractivity contribution in [3.05, 3.63) is 48.2 Å². The number of carbonyl (C=O) groups excluding carboxylic acids is 2. The molecule has 0 bridgehead atoms. The molecule has 1 saturated heterocycles. The van der Waals surface area contributed by atoms with Gasteiger partial charge in [-0.25, -0.2) is 14.8 Å². The maximum absolute atomic E-state index is 13.0. The van der Waals surface area contributed by atoms with Gasteiger partial charge >= 0.3 is 5.97 Å². The van der Waals surface area contributed by atoms with Crippen molar-refractivity contribution in [3.8, 4) is 5.75 Å². The van der Waals surface area contributed by atoms with Crippen LogP contribution in [0.5, 0.6) is 5.75 Å². The summed E-state index contributed by atoms with van der Waals surface area (Å²) < 4.78 is 7.22. The first kappa shape index (κ1) is 20.1. The maximum Gasteiger partial charge on any atom is 0.326 e. The lowest BCUT2D eigenvalue weighted by atomic mass is 10.1. The molecule has 3 aromatic rings. The zero-order chi connectivity index (χ0) is 22.4. The van der Waals surface area contributed by atoms with Crippen molar-refractivity contribution in [1.82, 2.24) is 24.6 Å². The largest absolute Gasteiger partial charge is 0.486 e. The number of carbonyl (C=O) groups is 3. The predicted octanol–water partition coefficient (Wildman–Crippen LogP) is 1.68. The van der Waals surface area contributed by atoms with Crippen LogP contribution in [0.2, 0.25) is 0 Å². The molecule has 1 saturated carbocycles. The van der Waals surface area contributed by atoms with Crippen molar-refractivity contribution < 1.29 is 24.2 Å². The molecule has 1 aromatic carbocycles. The van der Waals surface area contributed by atoms with E-state index in [-0.39, 0.29) is 42.5 Å². The highest BCUT2D eigenvalue weighted by molar-refractivity contribution is 6.05. The smallest absolute Gasteiger partial charge is 0.326 e. The molecule has 10 heteroatoms. The third-order valence-electron chi connectivity index (χ3n) is 6.01. The second-order valence-electron chi connectivity index (χ2n) is 8.15. The number of aliphatic carboxylic acids is 1. The topological polar surface area (TPSA) is 128 Å². The number of Topliss-reactive ketones (excluding diaryl/α,β-unsaturated/α-hetero) is 1. The number of fused-ring (bicyclic) bond motifs is 2. The molecule has 2 fully saturated rings. The molecule has 5 rings (SSSR count). The lowest BCUT2D eigenvalue weighted by Crippen LogP contribution is -2.44. The standard InChI is InChI=1S/C22H21N5O5/c1-12(28)21-15-9-14(32-11-19-23-5-2-6-24-19)3-4-16(15)26(25-21)10-20(29)27-17-7-13(17)8-18(27)22(30)31/h2-6,9,13,17-18H,7-8,10-11H2,1H3,(H,30,31)/t13-,17-,18+/m1/s1. The molecular weight excluding hydrogens is 414 g/mol. The van der Waals surface area contributed by atoms with E-state index in [2.05, 4.69) is 15.1 Å². The molecule has 3 heterocycles. The van der Waals surface area contributed by atoms with Crippen LogP contribution in [0, 0.1) is 5.92 Å². The second kappa shape index (κ2) is 7.70. The number of carboxylic acid groups (broad SMARTS) is 1. The average molecular weight is 435 g/mol. The van der Waals surface area contributed by atoms with Crippen LogP contribution in [-0.2, 0) is 22.7 Å². The molecule has 1 aliphatic carbocycles. The van der Waals surface area contributed by atoms with E-state index in [9.17, 15) is 19.5 Å². The van der Waals surface area contributed by atoms with E-state index >= 15 is 0 Å². The summed E-state index contributed by atoms with van der Waals surface area (Å²) in [5.41, 5.74) is 0.833. The van der Waals surface area contributed by atoms with Crippen LogP contribution in [-0.4, -0.2) is 59.5 Å². The summed E-state index contributed by atoms with van der Waals surface area (Å²) in [6.45, 7) is 1.45. The summed E-state index contributed by atoms with van der Waals surface area (Å²) in [5.74, 6) is -0.206. The van der Waals surface area contributed by atoms with E-state index in [1.165, 1.54) is 16.5 Å². The van der Waals surface area contributed by atoms with Crippen molar-refractivity contribution in [2.45, 2.75) is 45.0 Å². The SMILES string of the molecule is CC(=O)c1nn(CC(=O)N2[C@@H]3C[C@@H]3C[C@H]2C(=O)O)c2ccc(OCc3ncccn3)cc12. The summed E-state index contributed by atoms with van der Waals surface area (Å²) in [4.78, 5) is 46.5. The molecule has 1 N–H and O–H groups in total. The minimum Gasteiger partial charge on any atom is -0.486 e. The fourth-order valence-electron chi connectivity index (χ4n) is 4.43. The van der Waals surface area contributed by atoms with E-state index in [1.807, 2.05) is 0 Å². The van der Waals surface area contributed by atoms with Crippen LogP contribution in [0.4, 0.5) is 0 Å². The van der Waals surface area contributed by atoms with Gasteiger partial charge < -0.3 is 14.7 Å². The van der Waals surface area contributed by atoms with Gasteiger partial charge in [-0.1, -0.05) is 0 Å². The Bertz CT molecular complexity index is 1220. The van der Waals surface area contributed by atoms with Crippen molar-refractivity contribution >= 4 is 28.6 Å². The molecule has 3 atom stereocenters. The van der Waals surface area contributed by atoms with Gasteiger partial charge in [0.15, 0.2) is 11.6 Å². The van der Waals surface area contributed by atoms with E-state index < -0.39 is 12.0 Å². The molecule has 32 heavy (non-hydrogen) atoms. The maximum atomic E-state index is 13.0. The van der Waals surface area contributed by atoms with Gasteiger partial charge in [0, 0.05) is 30.7 Å². The summed E-state index contributed by atoms with van der Waals surface area (Å²) in [5, 5.41) is 14.4. The number of ether oxygens (including phenoxy) is 1. The van der Waals surface area contributed by atoms with Gasteiger partial charge in [0.25, 0.3) is 0 Å². The fourth-order valence-corrected chi connectivity index (χ4v) is 4.43. The number of amides is 1. The van der Waals surface area contributed by atoms with Crippen molar-refractivity contribution in [2.75, 3.05) is 0 Å². The Kier molecular flexibility index (Phi) is 4.84. The van der Waals surface area contributed by atoms with Crippen molar-refractivity contribution in [1.29, 1.82) is 0 Å². The quantitative estimate of drug-likeness (QED) is 0.555. The van der Waals surface area contributed by atoms with Gasteiger partial charge in [-0.3, -0.25) is 14.3 Å². The summed E-state index contributed by atoms with van der Waals surface area (Å²) in [6, 6.07) is 6.09. The number of rotatable bonds is 7.